The summed E-state index contributed by atoms with van der Waals surface area (Å²) < 4.78 is 18.4. The summed E-state index contributed by atoms with van der Waals surface area (Å²) >= 11 is 0. The van der Waals surface area contributed by atoms with Crippen LogP contribution in [0.15, 0.2) is 24.3 Å². The van der Waals surface area contributed by atoms with Crippen molar-refractivity contribution in [1.29, 1.82) is 0 Å². The van der Waals surface area contributed by atoms with E-state index in [1.165, 1.54) is 44.6 Å². The summed E-state index contributed by atoms with van der Waals surface area (Å²) in [6, 6.07) is 6.81. The van der Waals surface area contributed by atoms with Crippen molar-refractivity contribution in [2.45, 2.75) is 109 Å². The van der Waals surface area contributed by atoms with Gasteiger partial charge in [0, 0.05) is 0 Å². The number of aliphatic hydroxyl groups excluding tert-OH is 1. The van der Waals surface area contributed by atoms with Crippen LogP contribution >= 0.6 is 0 Å². The van der Waals surface area contributed by atoms with E-state index >= 15 is 0 Å². The first kappa shape index (κ1) is 24.1. The second kappa shape index (κ2) is 16.0. The number of ether oxygens (including phenoxy) is 1. The lowest BCUT2D eigenvalue weighted by Crippen LogP contribution is -2.21. The summed E-state index contributed by atoms with van der Waals surface area (Å²) in [5.41, 5.74) is 1.05. The van der Waals surface area contributed by atoms with Gasteiger partial charge in [-0.2, -0.15) is 0 Å². The monoisotopic (exact) mass is 382 g/mol. The fraction of sp³-hybridized carbons (Fsp3) is 0.739. The largest absolute Gasteiger partial charge is 0.346 e. The molecule has 0 aromatic heterocycles. The number of hydrogen-bond acceptors (Lipinski definition) is 3. The lowest BCUT2D eigenvalue weighted by Gasteiger charge is -2.19. The highest BCUT2D eigenvalue weighted by atomic mass is 19.1. The van der Waals surface area contributed by atoms with Crippen molar-refractivity contribution in [3.63, 3.8) is 0 Å². The van der Waals surface area contributed by atoms with E-state index < -0.39 is 6.48 Å². The third-order valence-electron chi connectivity index (χ3n) is 5.07. The molecule has 0 bridgehead atoms. The molecule has 0 aliphatic rings. The maximum Gasteiger partial charge on any atom is 0.266 e. The molecule has 0 aliphatic carbocycles. The molecule has 1 rings (SSSR count). The van der Waals surface area contributed by atoms with Crippen LogP contribution in [0.2, 0.25) is 0 Å². The molecule has 1 aromatic rings. The van der Waals surface area contributed by atoms with E-state index in [0.717, 1.165) is 56.9 Å². The Bertz CT molecular complexity index is 465. The fourth-order valence-corrected chi connectivity index (χ4v) is 3.53. The number of aliphatic hydroxyl groups is 2. The number of aryl methyl sites for hydroxylation is 1. The zero-order valence-electron chi connectivity index (χ0n) is 17.0. The molecular formula is C23H39FO3. The molecule has 1 aromatic carbocycles. The van der Waals surface area contributed by atoms with Gasteiger partial charge in [-0.05, 0) is 43.4 Å². The predicted octanol–water partition coefficient (Wildman–Crippen LogP) is 6.11. The third kappa shape index (κ3) is 13.8. The van der Waals surface area contributed by atoms with Gasteiger partial charge in [-0.1, -0.05) is 83.3 Å². The van der Waals surface area contributed by atoms with Gasteiger partial charge in [0.25, 0.3) is 6.48 Å². The van der Waals surface area contributed by atoms with Gasteiger partial charge in [0.05, 0.1) is 6.10 Å². The van der Waals surface area contributed by atoms with Crippen LogP contribution in [0.3, 0.4) is 0 Å². The number of unbranched alkanes of at least 4 members (excludes halogenated alkanes) is 9. The maximum atomic E-state index is 13.1. The zero-order chi connectivity index (χ0) is 19.7. The standard InChI is InChI=1S/C23H39FO3/c1-2-3-4-5-6-7-11-17-22(27-23(25)26)18-12-9-8-10-14-20-15-13-16-21(24)19-20/h13,15-16,19,22-23,25-26H,2-12,14,17-18H2,1H3. The van der Waals surface area contributed by atoms with Gasteiger partial charge in [-0.25, -0.2) is 4.39 Å². The third-order valence-corrected chi connectivity index (χ3v) is 5.07. The molecule has 3 nitrogen and oxygen atoms in total. The molecule has 0 heterocycles. The quantitative estimate of drug-likeness (QED) is 0.252. The molecule has 0 amide bonds. The molecule has 0 fully saturated rings. The summed E-state index contributed by atoms with van der Waals surface area (Å²) in [7, 11) is 0. The molecule has 4 heteroatoms. The molecule has 0 saturated carbocycles. The van der Waals surface area contributed by atoms with Crippen LogP contribution < -0.4 is 0 Å². The van der Waals surface area contributed by atoms with Crippen LogP contribution in [0, 0.1) is 5.82 Å². The number of rotatable bonds is 17. The first-order valence-corrected chi connectivity index (χ1v) is 10.9. The second-order valence-electron chi connectivity index (χ2n) is 7.58. The smallest absolute Gasteiger partial charge is 0.266 e. The summed E-state index contributed by atoms with van der Waals surface area (Å²) in [5, 5.41) is 18.2. The van der Waals surface area contributed by atoms with E-state index in [1.54, 1.807) is 12.1 Å². The van der Waals surface area contributed by atoms with E-state index in [9.17, 15) is 4.39 Å². The minimum atomic E-state index is -1.67. The molecular weight excluding hydrogens is 343 g/mol. The Balaban J connectivity index is 2.09. The predicted molar refractivity (Wildman–Crippen MR) is 109 cm³/mol. The Morgan fingerprint density at radius 2 is 1.44 bits per heavy atom. The molecule has 156 valence electrons. The summed E-state index contributed by atoms with van der Waals surface area (Å²) in [6.45, 7) is 0.552. The molecule has 0 saturated heterocycles. The molecule has 0 radical (unpaired) electrons. The van der Waals surface area contributed by atoms with E-state index in [1.807, 2.05) is 6.07 Å². The van der Waals surface area contributed by atoms with Gasteiger partial charge in [0.15, 0.2) is 0 Å². The van der Waals surface area contributed by atoms with Crippen molar-refractivity contribution in [3.8, 4) is 0 Å². The van der Waals surface area contributed by atoms with Gasteiger partial charge < -0.3 is 14.9 Å². The van der Waals surface area contributed by atoms with E-state index in [0.29, 0.717) is 0 Å². The minimum Gasteiger partial charge on any atom is -0.346 e. The maximum absolute atomic E-state index is 13.1. The molecule has 1 atom stereocenters. The van der Waals surface area contributed by atoms with Gasteiger partial charge in [0.1, 0.15) is 5.82 Å². The fourth-order valence-electron chi connectivity index (χ4n) is 3.53. The van der Waals surface area contributed by atoms with Crippen LogP contribution in [0.1, 0.15) is 96.0 Å². The lowest BCUT2D eigenvalue weighted by molar-refractivity contribution is -0.257. The van der Waals surface area contributed by atoms with Crippen molar-refractivity contribution in [2.24, 2.45) is 0 Å². The summed E-state index contributed by atoms with van der Waals surface area (Å²) in [4.78, 5) is 0. The Labute approximate surface area is 165 Å². The van der Waals surface area contributed by atoms with Crippen LogP contribution in [-0.4, -0.2) is 22.8 Å². The van der Waals surface area contributed by atoms with Gasteiger partial charge >= 0.3 is 0 Å². The van der Waals surface area contributed by atoms with Crippen molar-refractivity contribution < 1.29 is 19.3 Å². The average Bonchev–Trinajstić information content (AvgIpc) is 2.63. The van der Waals surface area contributed by atoms with Gasteiger partial charge in [-0.15, -0.1) is 0 Å². The topological polar surface area (TPSA) is 49.7 Å². The van der Waals surface area contributed by atoms with E-state index in [2.05, 4.69) is 6.92 Å². The van der Waals surface area contributed by atoms with Crippen LogP contribution in [-0.2, 0) is 11.2 Å². The SMILES string of the molecule is CCCCCCCCCC(CCCCCCc1cccc(F)c1)OC(O)O. The first-order chi connectivity index (χ1) is 13.1. The van der Waals surface area contributed by atoms with Gasteiger partial charge in [0.2, 0.25) is 0 Å². The zero-order valence-corrected chi connectivity index (χ0v) is 17.0. The van der Waals surface area contributed by atoms with E-state index in [4.69, 9.17) is 14.9 Å². The summed E-state index contributed by atoms with van der Waals surface area (Å²) in [5.74, 6) is -0.166. The highest BCUT2D eigenvalue weighted by Crippen LogP contribution is 2.17. The first-order valence-electron chi connectivity index (χ1n) is 10.9. The Kier molecular flexibility index (Phi) is 14.3. The summed E-state index contributed by atoms with van der Waals surface area (Å²) in [6.07, 6.45) is 15.6. The molecule has 1 unspecified atom stereocenters. The number of hydrogen-bond donors (Lipinski definition) is 2. The van der Waals surface area contributed by atoms with Gasteiger partial charge in [-0.3, -0.25) is 0 Å². The molecule has 2 N–H and O–H groups in total. The Hall–Kier alpha value is -0.970. The van der Waals surface area contributed by atoms with Crippen molar-refractivity contribution in [3.05, 3.63) is 35.6 Å². The van der Waals surface area contributed by atoms with Crippen molar-refractivity contribution in [1.82, 2.24) is 0 Å². The molecule has 27 heavy (non-hydrogen) atoms. The van der Waals surface area contributed by atoms with Crippen molar-refractivity contribution in [2.75, 3.05) is 0 Å². The molecule has 0 spiro atoms. The van der Waals surface area contributed by atoms with E-state index in [-0.39, 0.29) is 11.9 Å². The van der Waals surface area contributed by atoms with Crippen molar-refractivity contribution >= 4 is 0 Å². The van der Waals surface area contributed by atoms with Crippen LogP contribution in [0.4, 0.5) is 4.39 Å². The minimum absolute atomic E-state index is 0.0659. The Morgan fingerprint density at radius 3 is 2.04 bits per heavy atom. The number of halogens is 1. The van der Waals surface area contributed by atoms with Crippen LogP contribution in [0.5, 0.6) is 0 Å². The number of benzene rings is 1. The lowest BCUT2D eigenvalue weighted by atomic mass is 10.0. The second-order valence-corrected chi connectivity index (χ2v) is 7.58. The molecule has 0 aliphatic heterocycles. The highest BCUT2D eigenvalue weighted by molar-refractivity contribution is 5.16. The normalized spacial score (nSPS) is 12.6. The van der Waals surface area contributed by atoms with Crippen LogP contribution in [0.25, 0.3) is 0 Å². The average molecular weight is 383 g/mol. The highest BCUT2D eigenvalue weighted by Gasteiger charge is 2.12. The Morgan fingerprint density at radius 1 is 0.852 bits per heavy atom.